The minimum Gasteiger partial charge on any atom is -0.493 e. The molecule has 0 heterocycles. The van der Waals surface area contributed by atoms with Crippen LogP contribution in [0.1, 0.15) is 21.5 Å². The van der Waals surface area contributed by atoms with Crippen LogP contribution < -0.4 is 14.8 Å². The highest BCUT2D eigenvalue weighted by Gasteiger charge is 2.15. The summed E-state index contributed by atoms with van der Waals surface area (Å²) in [6.07, 6.45) is 1.44. The van der Waals surface area contributed by atoms with Crippen molar-refractivity contribution in [2.75, 3.05) is 12.4 Å². The van der Waals surface area contributed by atoms with E-state index in [0.717, 1.165) is 19.9 Å². The molecular formula is C29H21IN2O5. The molecule has 2 N–H and O–H groups in total. The third kappa shape index (κ3) is 6.08. The van der Waals surface area contributed by atoms with E-state index in [-0.39, 0.29) is 16.8 Å². The number of methoxy groups -OCH3 is 1. The molecule has 0 aliphatic carbocycles. The van der Waals surface area contributed by atoms with Gasteiger partial charge in [0.1, 0.15) is 18.2 Å². The van der Waals surface area contributed by atoms with Crippen LogP contribution in [0.3, 0.4) is 0 Å². The van der Waals surface area contributed by atoms with Crippen LogP contribution in [0.25, 0.3) is 16.8 Å². The number of benzene rings is 4. The second-order valence-electron chi connectivity index (χ2n) is 7.97. The molecule has 0 saturated carbocycles. The van der Waals surface area contributed by atoms with E-state index in [1.165, 1.54) is 31.4 Å². The van der Waals surface area contributed by atoms with Crippen LogP contribution in [0.4, 0.5) is 5.69 Å². The van der Waals surface area contributed by atoms with Gasteiger partial charge in [0.15, 0.2) is 11.5 Å². The molecule has 7 nitrogen and oxygen atoms in total. The number of nitrogens with one attached hydrogen (secondary N) is 1. The maximum atomic E-state index is 12.7. The van der Waals surface area contributed by atoms with E-state index in [9.17, 15) is 14.9 Å². The average molecular weight is 604 g/mol. The van der Waals surface area contributed by atoms with Crippen LogP contribution in [0.2, 0.25) is 0 Å². The minimum absolute atomic E-state index is 0.0265. The number of carbonyl (C=O) groups excluding carboxylic acids is 1. The van der Waals surface area contributed by atoms with E-state index < -0.39 is 11.9 Å². The Bertz CT molecular complexity index is 1570. The molecule has 1 amide bonds. The van der Waals surface area contributed by atoms with Crippen LogP contribution in [-0.2, 0) is 11.4 Å². The molecule has 8 heteroatoms. The second kappa shape index (κ2) is 11.6. The molecule has 0 atom stereocenters. The lowest BCUT2D eigenvalue weighted by atomic mass is 10.1. The standard InChI is InChI=1S/C29H21IN2O5/c1-36-26-14-18(12-22(16-31)28(33)32-23-10-5-8-20(15-23)29(34)35)13-25(30)27(26)37-17-21-9-4-7-19-6-2-3-11-24(19)21/h2-15H,17H2,1H3,(H,32,33)(H,34,35)/b22-12-. The Balaban J connectivity index is 1.56. The molecule has 0 radical (unpaired) electrons. The van der Waals surface area contributed by atoms with Crippen LogP contribution in [0.15, 0.2) is 84.4 Å². The summed E-state index contributed by atoms with van der Waals surface area (Å²) in [5.74, 6) is -0.751. The zero-order chi connectivity index (χ0) is 26.4. The fourth-order valence-electron chi connectivity index (χ4n) is 3.78. The van der Waals surface area contributed by atoms with Crippen molar-refractivity contribution < 1.29 is 24.2 Å². The molecule has 0 bridgehead atoms. The van der Waals surface area contributed by atoms with Gasteiger partial charge in [-0.1, -0.05) is 48.5 Å². The summed E-state index contributed by atoms with van der Waals surface area (Å²) in [5, 5.41) is 23.5. The van der Waals surface area contributed by atoms with Gasteiger partial charge >= 0.3 is 5.97 Å². The van der Waals surface area contributed by atoms with Gasteiger partial charge in [-0.05, 0) is 80.9 Å². The fraction of sp³-hybridized carbons (Fsp3) is 0.0690. The summed E-state index contributed by atoms with van der Waals surface area (Å²) in [7, 11) is 1.52. The van der Waals surface area contributed by atoms with Gasteiger partial charge in [-0.15, -0.1) is 0 Å². The highest BCUT2D eigenvalue weighted by molar-refractivity contribution is 14.1. The Morgan fingerprint density at radius 1 is 1.05 bits per heavy atom. The zero-order valence-electron chi connectivity index (χ0n) is 19.7. The number of hydrogen-bond donors (Lipinski definition) is 2. The molecule has 0 spiro atoms. The van der Waals surface area contributed by atoms with Crippen LogP contribution >= 0.6 is 22.6 Å². The van der Waals surface area contributed by atoms with Crippen LogP contribution in [-0.4, -0.2) is 24.1 Å². The number of carboxylic acid groups (broad SMARTS) is 1. The summed E-state index contributed by atoms with van der Waals surface area (Å²) in [4.78, 5) is 23.9. The third-order valence-electron chi connectivity index (χ3n) is 5.55. The predicted octanol–water partition coefficient (Wildman–Crippen LogP) is 6.28. The molecule has 0 saturated heterocycles. The molecule has 0 aromatic heterocycles. The smallest absolute Gasteiger partial charge is 0.335 e. The SMILES string of the molecule is COc1cc(/C=C(/C#N)C(=O)Nc2cccc(C(=O)O)c2)cc(I)c1OCc1cccc2ccccc12. The molecule has 4 aromatic carbocycles. The van der Waals surface area contributed by atoms with Crippen LogP contribution in [0, 0.1) is 14.9 Å². The van der Waals surface area contributed by atoms with E-state index in [2.05, 4.69) is 46.1 Å². The normalized spacial score (nSPS) is 11.0. The molecule has 184 valence electrons. The quantitative estimate of drug-likeness (QED) is 0.139. The van der Waals surface area contributed by atoms with Crippen molar-refractivity contribution in [2.24, 2.45) is 0 Å². The number of aromatic carboxylic acids is 1. The fourth-order valence-corrected chi connectivity index (χ4v) is 4.56. The van der Waals surface area contributed by atoms with Gasteiger partial charge in [-0.25, -0.2) is 4.79 Å². The maximum Gasteiger partial charge on any atom is 0.335 e. The van der Waals surface area contributed by atoms with Gasteiger partial charge < -0.3 is 19.9 Å². The first-order valence-electron chi connectivity index (χ1n) is 11.1. The monoisotopic (exact) mass is 604 g/mol. The highest BCUT2D eigenvalue weighted by atomic mass is 127. The maximum absolute atomic E-state index is 12.7. The van der Waals surface area contributed by atoms with Gasteiger partial charge in [0.2, 0.25) is 0 Å². The van der Waals surface area contributed by atoms with E-state index in [1.54, 1.807) is 18.2 Å². The van der Waals surface area contributed by atoms with E-state index in [1.807, 2.05) is 30.3 Å². The number of amides is 1. The number of ether oxygens (including phenoxy) is 2. The lowest BCUT2D eigenvalue weighted by Gasteiger charge is -2.15. The first-order chi connectivity index (χ1) is 17.9. The number of rotatable bonds is 8. The highest BCUT2D eigenvalue weighted by Crippen LogP contribution is 2.35. The molecule has 0 aliphatic heterocycles. The van der Waals surface area contributed by atoms with Crippen molar-refractivity contribution >= 4 is 57.0 Å². The average Bonchev–Trinajstić information content (AvgIpc) is 2.90. The third-order valence-corrected chi connectivity index (χ3v) is 6.35. The first-order valence-corrected chi connectivity index (χ1v) is 12.2. The summed E-state index contributed by atoms with van der Waals surface area (Å²) in [5.41, 5.74) is 1.76. The Hall–Kier alpha value is -4.36. The van der Waals surface area contributed by atoms with Gasteiger partial charge in [-0.3, -0.25) is 4.79 Å². The van der Waals surface area contributed by atoms with E-state index >= 15 is 0 Å². The number of anilines is 1. The van der Waals surface area contributed by atoms with Gasteiger partial charge in [0, 0.05) is 5.69 Å². The molecule has 0 unspecified atom stereocenters. The number of nitriles is 1. The summed E-state index contributed by atoms with van der Waals surface area (Å²) in [6, 6.07) is 25.3. The largest absolute Gasteiger partial charge is 0.493 e. The van der Waals surface area contributed by atoms with Crippen LogP contribution in [0.5, 0.6) is 11.5 Å². The van der Waals surface area contributed by atoms with Gasteiger partial charge in [-0.2, -0.15) is 5.26 Å². The van der Waals surface area contributed by atoms with Crippen molar-refractivity contribution in [3.63, 3.8) is 0 Å². The van der Waals surface area contributed by atoms with Crippen molar-refractivity contribution in [1.82, 2.24) is 0 Å². The number of carboxylic acids is 1. The number of carbonyl (C=O) groups is 2. The van der Waals surface area contributed by atoms with Crippen molar-refractivity contribution in [2.45, 2.75) is 6.61 Å². The van der Waals surface area contributed by atoms with Crippen molar-refractivity contribution in [1.29, 1.82) is 5.26 Å². The first kappa shape index (κ1) is 25.7. The lowest BCUT2D eigenvalue weighted by Crippen LogP contribution is -2.14. The molecule has 4 aromatic rings. The molecule has 4 rings (SSSR count). The number of hydrogen-bond acceptors (Lipinski definition) is 5. The van der Waals surface area contributed by atoms with Crippen molar-refractivity contribution in [3.05, 3.63) is 105 Å². The van der Waals surface area contributed by atoms with E-state index in [4.69, 9.17) is 14.6 Å². The summed E-state index contributed by atoms with van der Waals surface area (Å²) < 4.78 is 12.4. The van der Waals surface area contributed by atoms with E-state index in [0.29, 0.717) is 23.7 Å². The Morgan fingerprint density at radius 2 is 1.81 bits per heavy atom. The molecule has 0 aliphatic rings. The number of halogens is 1. The molecule has 0 fully saturated rings. The van der Waals surface area contributed by atoms with Gasteiger partial charge in [0.25, 0.3) is 5.91 Å². The van der Waals surface area contributed by atoms with Gasteiger partial charge in [0.05, 0.1) is 16.2 Å². The number of nitrogens with zero attached hydrogens (tertiary/aromatic N) is 1. The summed E-state index contributed by atoms with van der Waals surface area (Å²) in [6.45, 7) is 0.337. The second-order valence-corrected chi connectivity index (χ2v) is 9.13. The number of fused-ring (bicyclic) bond motifs is 1. The Morgan fingerprint density at radius 3 is 2.57 bits per heavy atom. The minimum atomic E-state index is -1.11. The predicted molar refractivity (Wildman–Crippen MR) is 150 cm³/mol. The molecular weight excluding hydrogens is 583 g/mol. The van der Waals surface area contributed by atoms with Crippen molar-refractivity contribution in [3.8, 4) is 17.6 Å². The zero-order valence-corrected chi connectivity index (χ0v) is 21.9. The molecule has 37 heavy (non-hydrogen) atoms. The Labute approximate surface area is 227 Å². The lowest BCUT2D eigenvalue weighted by molar-refractivity contribution is -0.112. The Kier molecular flexibility index (Phi) is 8.05. The summed E-state index contributed by atoms with van der Waals surface area (Å²) >= 11 is 2.13. The topological polar surface area (TPSA) is 109 Å².